The third-order valence-electron chi connectivity index (χ3n) is 4.84. The predicted molar refractivity (Wildman–Crippen MR) is 65.0 cm³/mol. The first kappa shape index (κ1) is 11.5. The Hall–Kier alpha value is -0.610. The normalized spacial score (nSPS) is 39.4. The fourth-order valence-corrected chi connectivity index (χ4v) is 4.00. The van der Waals surface area contributed by atoms with Crippen molar-refractivity contribution in [3.8, 4) is 0 Å². The van der Waals surface area contributed by atoms with Crippen LogP contribution in [0.15, 0.2) is 0 Å². The van der Waals surface area contributed by atoms with Gasteiger partial charge in [-0.3, -0.25) is 9.69 Å². The number of likely N-dealkylation sites (tertiary alicyclic amines) is 1. The van der Waals surface area contributed by atoms with E-state index in [9.17, 15) is 9.90 Å². The molecule has 3 aliphatic heterocycles. The number of hydrogen-bond donors (Lipinski definition) is 1. The standard InChI is InChI=1S/C13H22N2O2/c16-13(17)12-4-2-7-15(12)11-5-8-14-6-1-3-10(14)9-11/h10-12H,1-9H2,(H,16,17). The number of carboxylic acid groups (broad SMARTS) is 1. The minimum Gasteiger partial charge on any atom is -0.480 e. The van der Waals surface area contributed by atoms with Gasteiger partial charge in [-0.1, -0.05) is 0 Å². The van der Waals surface area contributed by atoms with Crippen LogP contribution in [0.4, 0.5) is 0 Å². The average molecular weight is 238 g/mol. The second kappa shape index (κ2) is 4.58. The van der Waals surface area contributed by atoms with Crippen LogP contribution < -0.4 is 0 Å². The van der Waals surface area contributed by atoms with Crippen molar-refractivity contribution in [3.05, 3.63) is 0 Å². The predicted octanol–water partition coefficient (Wildman–Crippen LogP) is 1.16. The lowest BCUT2D eigenvalue weighted by atomic mass is 9.95. The maximum absolute atomic E-state index is 11.2. The number of hydrogen-bond acceptors (Lipinski definition) is 3. The number of carbonyl (C=O) groups is 1. The van der Waals surface area contributed by atoms with Crippen LogP contribution in [0.5, 0.6) is 0 Å². The van der Waals surface area contributed by atoms with E-state index in [-0.39, 0.29) is 6.04 Å². The maximum atomic E-state index is 11.2. The van der Waals surface area contributed by atoms with E-state index < -0.39 is 5.97 Å². The molecule has 0 aliphatic carbocycles. The lowest BCUT2D eigenvalue weighted by Crippen LogP contribution is -2.50. The van der Waals surface area contributed by atoms with Crippen LogP contribution in [0.2, 0.25) is 0 Å². The molecule has 3 fully saturated rings. The molecule has 96 valence electrons. The van der Waals surface area contributed by atoms with Crippen molar-refractivity contribution in [1.29, 1.82) is 0 Å². The van der Waals surface area contributed by atoms with Gasteiger partial charge >= 0.3 is 5.97 Å². The third-order valence-corrected chi connectivity index (χ3v) is 4.84. The number of carboxylic acids is 1. The second-order valence-electron chi connectivity index (χ2n) is 5.74. The van der Waals surface area contributed by atoms with E-state index in [1.165, 1.54) is 38.8 Å². The van der Waals surface area contributed by atoms with Crippen LogP contribution in [-0.2, 0) is 4.79 Å². The Bertz CT molecular complexity index is 308. The molecule has 3 unspecified atom stereocenters. The Morgan fingerprint density at radius 1 is 1.00 bits per heavy atom. The highest BCUT2D eigenvalue weighted by molar-refractivity contribution is 5.73. The van der Waals surface area contributed by atoms with Crippen molar-refractivity contribution in [2.45, 2.75) is 56.7 Å². The van der Waals surface area contributed by atoms with E-state index in [0.29, 0.717) is 6.04 Å². The summed E-state index contributed by atoms with van der Waals surface area (Å²) in [6.07, 6.45) is 6.92. The molecular weight excluding hydrogens is 216 g/mol. The fraction of sp³-hybridized carbons (Fsp3) is 0.923. The minimum atomic E-state index is -0.614. The van der Waals surface area contributed by atoms with Gasteiger partial charge in [0.2, 0.25) is 0 Å². The van der Waals surface area contributed by atoms with E-state index in [1.807, 2.05) is 0 Å². The maximum Gasteiger partial charge on any atom is 0.320 e. The first-order valence-corrected chi connectivity index (χ1v) is 6.98. The van der Waals surface area contributed by atoms with Gasteiger partial charge in [0.05, 0.1) is 0 Å². The fourth-order valence-electron chi connectivity index (χ4n) is 4.00. The van der Waals surface area contributed by atoms with E-state index in [1.54, 1.807) is 0 Å². The zero-order chi connectivity index (χ0) is 11.8. The molecular formula is C13H22N2O2. The zero-order valence-electron chi connectivity index (χ0n) is 10.3. The van der Waals surface area contributed by atoms with Gasteiger partial charge in [-0.25, -0.2) is 0 Å². The first-order chi connectivity index (χ1) is 8.25. The molecule has 0 aromatic carbocycles. The summed E-state index contributed by atoms with van der Waals surface area (Å²) in [5.74, 6) is -0.614. The molecule has 0 spiro atoms. The van der Waals surface area contributed by atoms with E-state index in [0.717, 1.165) is 25.4 Å². The van der Waals surface area contributed by atoms with Gasteiger partial charge in [0.1, 0.15) is 6.04 Å². The highest BCUT2D eigenvalue weighted by Gasteiger charge is 2.40. The molecule has 4 nitrogen and oxygen atoms in total. The monoisotopic (exact) mass is 238 g/mol. The lowest BCUT2D eigenvalue weighted by Gasteiger charge is -2.40. The first-order valence-electron chi connectivity index (χ1n) is 6.98. The Balaban J connectivity index is 1.66. The number of fused-ring (bicyclic) bond motifs is 1. The van der Waals surface area contributed by atoms with Crippen LogP contribution in [0.3, 0.4) is 0 Å². The van der Waals surface area contributed by atoms with Gasteiger partial charge in [-0.2, -0.15) is 0 Å². The highest BCUT2D eigenvalue weighted by Crippen LogP contribution is 2.32. The Morgan fingerprint density at radius 2 is 1.82 bits per heavy atom. The van der Waals surface area contributed by atoms with Crippen molar-refractivity contribution in [2.75, 3.05) is 19.6 Å². The molecule has 0 saturated carbocycles. The lowest BCUT2D eigenvalue weighted by molar-refractivity contribution is -0.143. The molecule has 17 heavy (non-hydrogen) atoms. The molecule has 3 rings (SSSR count). The smallest absolute Gasteiger partial charge is 0.320 e. The molecule has 4 heteroatoms. The van der Waals surface area contributed by atoms with Crippen LogP contribution in [0, 0.1) is 0 Å². The summed E-state index contributed by atoms with van der Waals surface area (Å²) in [6.45, 7) is 3.44. The van der Waals surface area contributed by atoms with Gasteiger partial charge in [0.15, 0.2) is 0 Å². The SMILES string of the molecule is O=C(O)C1CCCN1C1CCN2CCCC2C1. The summed E-state index contributed by atoms with van der Waals surface area (Å²) in [7, 11) is 0. The van der Waals surface area contributed by atoms with Crippen LogP contribution in [0.25, 0.3) is 0 Å². The molecule has 3 heterocycles. The minimum absolute atomic E-state index is 0.201. The van der Waals surface area contributed by atoms with Gasteiger partial charge in [-0.05, 0) is 58.2 Å². The molecule has 0 aromatic heterocycles. The molecule has 0 aromatic rings. The molecule has 3 saturated heterocycles. The Labute approximate surface area is 103 Å². The number of rotatable bonds is 2. The van der Waals surface area contributed by atoms with Crippen molar-refractivity contribution in [3.63, 3.8) is 0 Å². The summed E-state index contributed by atoms with van der Waals surface area (Å²) in [5.41, 5.74) is 0. The summed E-state index contributed by atoms with van der Waals surface area (Å²) in [4.78, 5) is 16.1. The molecule has 1 N–H and O–H groups in total. The molecule has 3 atom stereocenters. The molecule has 0 amide bonds. The van der Waals surface area contributed by atoms with E-state index in [2.05, 4.69) is 9.80 Å². The second-order valence-corrected chi connectivity index (χ2v) is 5.74. The summed E-state index contributed by atoms with van der Waals surface area (Å²) in [5, 5.41) is 9.25. The summed E-state index contributed by atoms with van der Waals surface area (Å²) in [6, 6.07) is 1.06. The van der Waals surface area contributed by atoms with Crippen molar-refractivity contribution in [1.82, 2.24) is 9.80 Å². The summed E-state index contributed by atoms with van der Waals surface area (Å²) < 4.78 is 0. The molecule has 3 aliphatic rings. The Morgan fingerprint density at radius 3 is 2.65 bits per heavy atom. The zero-order valence-corrected chi connectivity index (χ0v) is 10.3. The van der Waals surface area contributed by atoms with Crippen LogP contribution in [0.1, 0.15) is 38.5 Å². The van der Waals surface area contributed by atoms with Crippen molar-refractivity contribution >= 4 is 5.97 Å². The number of piperidine rings is 1. The largest absolute Gasteiger partial charge is 0.480 e. The highest BCUT2D eigenvalue weighted by atomic mass is 16.4. The third kappa shape index (κ3) is 2.08. The molecule has 0 radical (unpaired) electrons. The van der Waals surface area contributed by atoms with Gasteiger partial charge < -0.3 is 10.0 Å². The summed E-state index contributed by atoms with van der Waals surface area (Å²) >= 11 is 0. The Kier molecular flexibility index (Phi) is 3.09. The van der Waals surface area contributed by atoms with Crippen LogP contribution in [-0.4, -0.2) is 58.6 Å². The number of nitrogens with zero attached hydrogens (tertiary/aromatic N) is 2. The average Bonchev–Trinajstić information content (AvgIpc) is 2.96. The van der Waals surface area contributed by atoms with Crippen LogP contribution >= 0.6 is 0 Å². The van der Waals surface area contributed by atoms with Crippen molar-refractivity contribution in [2.24, 2.45) is 0 Å². The van der Waals surface area contributed by atoms with Gasteiger partial charge in [0.25, 0.3) is 0 Å². The number of aliphatic carboxylic acids is 1. The quantitative estimate of drug-likeness (QED) is 0.784. The van der Waals surface area contributed by atoms with Gasteiger partial charge in [0, 0.05) is 12.1 Å². The topological polar surface area (TPSA) is 43.8 Å². The van der Waals surface area contributed by atoms with Gasteiger partial charge in [-0.15, -0.1) is 0 Å². The molecule has 0 bridgehead atoms. The van der Waals surface area contributed by atoms with E-state index in [4.69, 9.17) is 0 Å². The van der Waals surface area contributed by atoms with Crippen molar-refractivity contribution < 1.29 is 9.90 Å². The van der Waals surface area contributed by atoms with E-state index >= 15 is 0 Å².